The summed E-state index contributed by atoms with van der Waals surface area (Å²) in [5.74, 6) is 0. The van der Waals surface area contributed by atoms with Crippen molar-refractivity contribution < 1.29 is 15.4 Å². The summed E-state index contributed by atoms with van der Waals surface area (Å²) in [6.45, 7) is 0. The predicted molar refractivity (Wildman–Crippen MR) is 200 cm³/mol. The van der Waals surface area contributed by atoms with E-state index in [0.29, 0.717) is 33.4 Å². The number of rotatable bonds is 3. The Morgan fingerprint density at radius 3 is 1.49 bits per heavy atom. The van der Waals surface area contributed by atoms with Crippen LogP contribution in [0.3, 0.4) is 0 Å². The first kappa shape index (κ1) is 19.4. The fourth-order valence-electron chi connectivity index (χ4n) is 7.03. The van der Waals surface area contributed by atoms with E-state index in [4.69, 9.17) is 9.90 Å². The highest BCUT2D eigenvalue weighted by atomic mass is 16.3. The summed E-state index contributed by atoms with van der Waals surface area (Å²) in [7, 11) is 0. The van der Waals surface area contributed by atoms with Crippen molar-refractivity contribution in [1.82, 2.24) is 0 Å². The molecule has 0 atom stereocenters. The van der Waals surface area contributed by atoms with E-state index in [9.17, 15) is 5.48 Å². The monoisotopic (exact) mass is 604 g/mol. The number of hydrogen-bond acceptors (Lipinski definition) is 1. The zero-order chi connectivity index (χ0) is 37.9. The molecule has 9 aromatic carbocycles. The summed E-state index contributed by atoms with van der Waals surface area (Å²) in [5, 5.41) is 6.22. The number of furan rings is 1. The Morgan fingerprint density at radius 1 is 0.340 bits per heavy atom. The zero-order valence-electron chi connectivity index (χ0n) is 33.0. The Bertz CT molecular complexity index is 3220. The lowest BCUT2D eigenvalue weighted by atomic mass is 9.85. The zero-order valence-corrected chi connectivity index (χ0v) is 25.0. The van der Waals surface area contributed by atoms with Gasteiger partial charge in [0, 0.05) is 10.8 Å². The molecule has 0 saturated heterocycles. The molecule has 0 amide bonds. The minimum atomic E-state index is -0.432. The van der Waals surface area contributed by atoms with Gasteiger partial charge in [0.2, 0.25) is 0 Å². The highest BCUT2D eigenvalue weighted by Gasteiger charge is 2.18. The smallest absolute Gasteiger partial charge is 0.136 e. The lowest BCUT2D eigenvalue weighted by Crippen LogP contribution is -1.91. The highest BCUT2D eigenvalue weighted by molar-refractivity contribution is 6.22. The van der Waals surface area contributed by atoms with Crippen molar-refractivity contribution in [2.45, 2.75) is 0 Å². The molecule has 0 radical (unpaired) electrons. The van der Waals surface area contributed by atoms with Crippen LogP contribution in [0, 0.1) is 0 Å². The first-order valence-corrected chi connectivity index (χ1v) is 15.5. The molecule has 0 fully saturated rings. The van der Waals surface area contributed by atoms with Crippen LogP contribution in [0.25, 0.3) is 98.4 Å². The Balaban J connectivity index is 1.34. The summed E-state index contributed by atoms with van der Waals surface area (Å²) < 4.78 is 78.9. The van der Waals surface area contributed by atoms with Crippen LogP contribution in [0.1, 0.15) is 11.0 Å². The predicted octanol–water partition coefficient (Wildman–Crippen LogP) is 13.2. The van der Waals surface area contributed by atoms with Gasteiger partial charge in [0.15, 0.2) is 0 Å². The molecule has 0 aliphatic rings. The van der Waals surface area contributed by atoms with Gasteiger partial charge in [-0.15, -0.1) is 0 Å². The summed E-state index contributed by atoms with van der Waals surface area (Å²) in [5.41, 5.74) is 5.15. The van der Waals surface area contributed by atoms with E-state index in [1.807, 2.05) is 103 Å². The molecule has 1 heterocycles. The maximum atomic E-state index is 9.36. The third-order valence-electron chi connectivity index (χ3n) is 9.24. The van der Waals surface area contributed by atoms with E-state index in [1.165, 1.54) is 0 Å². The Hall–Kier alpha value is -6.18. The fraction of sp³-hybridized carbons (Fsp3) is 0. The largest absolute Gasteiger partial charge is 0.456 e. The molecule has 0 spiro atoms. The summed E-state index contributed by atoms with van der Waals surface area (Å²) >= 11 is 0. The lowest BCUT2D eigenvalue weighted by Gasteiger charge is -2.18. The molecule has 0 bridgehead atoms. The first-order chi connectivity index (χ1) is 26.6. The Labute approximate surface area is 283 Å². The topological polar surface area (TPSA) is 13.1 Å². The summed E-state index contributed by atoms with van der Waals surface area (Å²) in [6.07, 6.45) is 0. The van der Waals surface area contributed by atoms with Crippen LogP contribution in [0.4, 0.5) is 0 Å². The van der Waals surface area contributed by atoms with Crippen LogP contribution in [-0.2, 0) is 0 Å². The molecule has 0 unspecified atom stereocenters. The molecule has 1 nitrogen and oxygen atoms in total. The van der Waals surface area contributed by atoms with Gasteiger partial charge in [0.05, 0.1) is 11.0 Å². The van der Waals surface area contributed by atoms with Gasteiger partial charge in [0.25, 0.3) is 0 Å². The average Bonchev–Trinajstić information content (AvgIpc) is 3.57. The van der Waals surface area contributed by atoms with Gasteiger partial charge in [-0.3, -0.25) is 0 Å². The molecular weight excluding hydrogens is 569 g/mol. The van der Waals surface area contributed by atoms with Crippen molar-refractivity contribution in [2.24, 2.45) is 0 Å². The van der Waals surface area contributed by atoms with Crippen molar-refractivity contribution in [2.75, 3.05) is 0 Å². The molecule has 218 valence electrons. The van der Waals surface area contributed by atoms with Crippen LogP contribution >= 0.6 is 0 Å². The van der Waals surface area contributed by atoms with Crippen LogP contribution in [0.2, 0.25) is 0 Å². The van der Waals surface area contributed by atoms with Crippen LogP contribution in [0.15, 0.2) is 174 Å². The first-order valence-electron chi connectivity index (χ1n) is 19.5. The number of benzene rings is 9. The van der Waals surface area contributed by atoms with E-state index in [-0.39, 0.29) is 45.7 Å². The molecule has 10 aromatic rings. The molecule has 10 rings (SSSR count). The summed E-state index contributed by atoms with van der Waals surface area (Å²) in [6, 6.07) is 36.5. The minimum Gasteiger partial charge on any atom is -0.456 e. The van der Waals surface area contributed by atoms with Gasteiger partial charge in [-0.25, -0.2) is 0 Å². The number of hydrogen-bond donors (Lipinski definition) is 0. The number of fused-ring (bicyclic) bond motifs is 7. The second-order valence-electron chi connectivity index (χ2n) is 11.9. The van der Waals surface area contributed by atoms with E-state index >= 15 is 0 Å². The molecule has 1 heteroatoms. The minimum absolute atomic E-state index is 0.177. The Kier molecular flexibility index (Phi) is 4.19. The third-order valence-corrected chi connectivity index (χ3v) is 9.24. The van der Waals surface area contributed by atoms with E-state index in [2.05, 4.69) is 12.1 Å². The second kappa shape index (κ2) is 10.2. The highest BCUT2D eigenvalue weighted by Crippen LogP contribution is 2.45. The van der Waals surface area contributed by atoms with Crippen LogP contribution < -0.4 is 0 Å². The van der Waals surface area contributed by atoms with Crippen molar-refractivity contribution in [3.63, 3.8) is 0 Å². The van der Waals surface area contributed by atoms with Gasteiger partial charge < -0.3 is 4.42 Å². The van der Waals surface area contributed by atoms with E-state index in [0.717, 1.165) is 43.4 Å². The van der Waals surface area contributed by atoms with Crippen molar-refractivity contribution in [1.29, 1.82) is 0 Å². The van der Waals surface area contributed by atoms with E-state index < -0.39 is 24.2 Å². The van der Waals surface area contributed by atoms with E-state index in [1.54, 1.807) is 6.07 Å². The van der Waals surface area contributed by atoms with Gasteiger partial charge in [0.1, 0.15) is 11.2 Å². The molecular formula is C46H28O. The third kappa shape index (κ3) is 4.10. The molecule has 0 aliphatic carbocycles. The van der Waals surface area contributed by atoms with Crippen LogP contribution in [-0.4, -0.2) is 0 Å². The maximum Gasteiger partial charge on any atom is 0.136 e. The standard InChI is InChI=1S/C46H28O/c1-2-10-29(11-3-1)32-18-19-34-25-35(21-20-33(34)24-32)45-37-14-6-8-16-39(37)46(40-17-9-7-15-38(40)45)36-22-23-43-41(27-36)42-26-30-12-4-5-13-31(30)28-44(42)47-43/h1-28H/i6D,7D,8D,9D,14D,15D,16D,17D. The van der Waals surface area contributed by atoms with Gasteiger partial charge >= 0.3 is 0 Å². The van der Waals surface area contributed by atoms with Crippen molar-refractivity contribution in [3.05, 3.63) is 170 Å². The quantitative estimate of drug-likeness (QED) is 0.183. The second-order valence-corrected chi connectivity index (χ2v) is 11.9. The molecule has 0 aliphatic heterocycles. The van der Waals surface area contributed by atoms with Gasteiger partial charge in [-0.2, -0.15) is 0 Å². The maximum absolute atomic E-state index is 9.36. The van der Waals surface area contributed by atoms with Crippen molar-refractivity contribution >= 4 is 65.0 Å². The van der Waals surface area contributed by atoms with Gasteiger partial charge in [-0.05, 0) is 113 Å². The SMILES string of the molecule is [2H]c1c([2H])c([2H])c2c(-c3ccc4oc5cc6ccccc6cc5c4c3)c3c([2H])c([2H])c([2H])c([2H])c3c(-c3ccc4cc(-c5ccccc5)ccc4c3)c2c1[2H]. The lowest BCUT2D eigenvalue weighted by molar-refractivity contribution is 0.669. The summed E-state index contributed by atoms with van der Waals surface area (Å²) in [4.78, 5) is 0. The average molecular weight is 605 g/mol. The van der Waals surface area contributed by atoms with Crippen molar-refractivity contribution in [3.8, 4) is 33.4 Å². The molecule has 47 heavy (non-hydrogen) atoms. The van der Waals surface area contributed by atoms with Gasteiger partial charge in [-0.1, -0.05) is 133 Å². The van der Waals surface area contributed by atoms with Crippen LogP contribution in [0.5, 0.6) is 0 Å². The molecule has 1 aromatic heterocycles. The molecule has 0 N–H and O–H groups in total. The fourth-order valence-corrected chi connectivity index (χ4v) is 7.03. The molecule has 0 saturated carbocycles. The normalized spacial score (nSPS) is 14.2. The Morgan fingerprint density at radius 2 is 0.830 bits per heavy atom.